The van der Waals surface area contributed by atoms with E-state index in [-0.39, 0.29) is 5.91 Å². The molecular formula is C14H16ClN3O. The molecule has 0 fully saturated rings. The van der Waals surface area contributed by atoms with Gasteiger partial charge in [0.2, 0.25) is 0 Å². The summed E-state index contributed by atoms with van der Waals surface area (Å²) in [5.41, 5.74) is 8.26. The number of aryl methyl sites for hydroxylation is 1. The number of carbonyl (C=O) groups excluding carboxylic acids is 1. The Morgan fingerprint density at radius 2 is 2.05 bits per heavy atom. The highest BCUT2D eigenvalue weighted by Gasteiger charge is 2.11. The lowest BCUT2D eigenvalue weighted by molar-refractivity contribution is 0.0942. The predicted molar refractivity (Wildman–Crippen MR) is 75.9 cm³/mol. The number of nitrogens with one attached hydrogen (secondary N) is 1. The number of benzene rings is 1. The van der Waals surface area contributed by atoms with E-state index in [1.165, 1.54) is 0 Å². The van der Waals surface area contributed by atoms with Gasteiger partial charge in [-0.1, -0.05) is 35.9 Å². The first kappa shape index (κ1) is 13.6. The zero-order valence-corrected chi connectivity index (χ0v) is 11.4. The van der Waals surface area contributed by atoms with Crippen LogP contribution in [0.2, 0.25) is 5.02 Å². The standard InChI is InChI=1S/C14H16ClN3O/c1-18-9-12(15)6-13(18)14(19)17-8-11-5-3-2-4-10(11)7-16/h2-6,9H,7-8,16H2,1H3,(H,17,19). The van der Waals surface area contributed by atoms with Gasteiger partial charge in [0.05, 0.1) is 5.02 Å². The molecule has 4 nitrogen and oxygen atoms in total. The van der Waals surface area contributed by atoms with Crippen molar-refractivity contribution in [3.05, 3.63) is 58.4 Å². The van der Waals surface area contributed by atoms with Gasteiger partial charge in [-0.2, -0.15) is 0 Å². The first-order valence-electron chi connectivity index (χ1n) is 5.98. The van der Waals surface area contributed by atoms with E-state index in [2.05, 4.69) is 5.32 Å². The molecule has 0 unspecified atom stereocenters. The number of carbonyl (C=O) groups is 1. The summed E-state index contributed by atoms with van der Waals surface area (Å²) in [5.74, 6) is -0.152. The van der Waals surface area contributed by atoms with E-state index in [1.807, 2.05) is 24.3 Å². The fourth-order valence-electron chi connectivity index (χ4n) is 1.95. The van der Waals surface area contributed by atoms with Gasteiger partial charge in [0.25, 0.3) is 5.91 Å². The van der Waals surface area contributed by atoms with Crippen LogP contribution in [0, 0.1) is 0 Å². The Morgan fingerprint density at radius 3 is 2.63 bits per heavy atom. The maximum absolute atomic E-state index is 12.0. The molecule has 0 saturated heterocycles. The first-order valence-corrected chi connectivity index (χ1v) is 6.36. The van der Waals surface area contributed by atoms with E-state index >= 15 is 0 Å². The molecular weight excluding hydrogens is 262 g/mol. The van der Waals surface area contributed by atoms with E-state index in [0.29, 0.717) is 23.8 Å². The average molecular weight is 278 g/mol. The second-order valence-electron chi connectivity index (χ2n) is 4.31. The minimum Gasteiger partial charge on any atom is -0.347 e. The molecule has 2 aromatic rings. The zero-order chi connectivity index (χ0) is 13.8. The number of halogens is 1. The number of nitrogens with two attached hydrogens (primary N) is 1. The number of nitrogens with zero attached hydrogens (tertiary/aromatic N) is 1. The molecule has 0 saturated carbocycles. The third-order valence-electron chi connectivity index (χ3n) is 2.98. The first-order chi connectivity index (χ1) is 9.11. The lowest BCUT2D eigenvalue weighted by atomic mass is 10.1. The fourth-order valence-corrected chi connectivity index (χ4v) is 2.19. The van der Waals surface area contributed by atoms with E-state index in [0.717, 1.165) is 11.1 Å². The van der Waals surface area contributed by atoms with Gasteiger partial charge in [0.1, 0.15) is 5.69 Å². The molecule has 1 aromatic carbocycles. The van der Waals surface area contributed by atoms with Crippen molar-refractivity contribution in [1.82, 2.24) is 9.88 Å². The molecule has 0 radical (unpaired) electrons. The van der Waals surface area contributed by atoms with Crippen LogP contribution in [-0.4, -0.2) is 10.5 Å². The third kappa shape index (κ3) is 3.16. The third-order valence-corrected chi connectivity index (χ3v) is 3.19. The molecule has 0 bridgehead atoms. The van der Waals surface area contributed by atoms with Crippen molar-refractivity contribution in [2.75, 3.05) is 0 Å². The maximum Gasteiger partial charge on any atom is 0.268 e. The Kier molecular flexibility index (Phi) is 4.24. The Hall–Kier alpha value is -1.78. The van der Waals surface area contributed by atoms with Crippen molar-refractivity contribution in [3.63, 3.8) is 0 Å². The monoisotopic (exact) mass is 277 g/mol. The minimum absolute atomic E-state index is 0.152. The highest BCUT2D eigenvalue weighted by atomic mass is 35.5. The Bertz CT molecular complexity index is 592. The summed E-state index contributed by atoms with van der Waals surface area (Å²) < 4.78 is 1.70. The van der Waals surface area contributed by atoms with Crippen LogP contribution in [0.5, 0.6) is 0 Å². The Morgan fingerprint density at radius 1 is 1.37 bits per heavy atom. The fraction of sp³-hybridized carbons (Fsp3) is 0.214. The van der Waals surface area contributed by atoms with E-state index < -0.39 is 0 Å². The largest absolute Gasteiger partial charge is 0.347 e. The summed E-state index contributed by atoms with van der Waals surface area (Å²) in [5, 5.41) is 3.42. The van der Waals surface area contributed by atoms with Crippen LogP contribution in [0.1, 0.15) is 21.6 Å². The molecule has 0 aliphatic heterocycles. The summed E-state index contributed by atoms with van der Waals surface area (Å²) >= 11 is 5.86. The van der Waals surface area contributed by atoms with Crippen molar-refractivity contribution in [1.29, 1.82) is 0 Å². The van der Waals surface area contributed by atoms with Crippen LogP contribution in [0.15, 0.2) is 36.5 Å². The Labute approximate surface area is 117 Å². The van der Waals surface area contributed by atoms with Crippen molar-refractivity contribution >= 4 is 17.5 Å². The molecule has 3 N–H and O–H groups in total. The molecule has 0 aliphatic rings. The van der Waals surface area contributed by atoms with Crippen LogP contribution >= 0.6 is 11.6 Å². The van der Waals surface area contributed by atoms with E-state index in [1.54, 1.807) is 23.9 Å². The van der Waals surface area contributed by atoms with Gasteiger partial charge < -0.3 is 15.6 Å². The summed E-state index contributed by atoms with van der Waals surface area (Å²) in [4.78, 5) is 12.0. The van der Waals surface area contributed by atoms with Gasteiger partial charge in [0, 0.05) is 26.3 Å². The predicted octanol–water partition coefficient (Wildman–Crippen LogP) is 2.07. The lowest BCUT2D eigenvalue weighted by Gasteiger charge is -2.09. The molecule has 5 heteroatoms. The second-order valence-corrected chi connectivity index (χ2v) is 4.75. The normalized spacial score (nSPS) is 10.5. The van der Waals surface area contributed by atoms with Crippen LogP contribution < -0.4 is 11.1 Å². The molecule has 1 amide bonds. The topological polar surface area (TPSA) is 60.0 Å². The molecule has 1 heterocycles. The number of amides is 1. The van der Waals surface area contributed by atoms with Gasteiger partial charge in [-0.25, -0.2) is 0 Å². The lowest BCUT2D eigenvalue weighted by Crippen LogP contribution is -2.25. The molecule has 19 heavy (non-hydrogen) atoms. The molecule has 0 aliphatic carbocycles. The van der Waals surface area contributed by atoms with Crippen molar-refractivity contribution in [2.45, 2.75) is 13.1 Å². The SMILES string of the molecule is Cn1cc(Cl)cc1C(=O)NCc1ccccc1CN. The van der Waals surface area contributed by atoms with Gasteiger partial charge >= 0.3 is 0 Å². The van der Waals surface area contributed by atoms with Crippen molar-refractivity contribution in [2.24, 2.45) is 12.8 Å². The van der Waals surface area contributed by atoms with Crippen LogP contribution in [0.25, 0.3) is 0 Å². The van der Waals surface area contributed by atoms with Gasteiger partial charge in [-0.15, -0.1) is 0 Å². The van der Waals surface area contributed by atoms with E-state index in [9.17, 15) is 4.79 Å². The highest BCUT2D eigenvalue weighted by Crippen LogP contribution is 2.13. The highest BCUT2D eigenvalue weighted by molar-refractivity contribution is 6.31. The molecule has 0 spiro atoms. The van der Waals surface area contributed by atoms with Gasteiger partial charge in [-0.3, -0.25) is 4.79 Å². The molecule has 1 aromatic heterocycles. The zero-order valence-electron chi connectivity index (χ0n) is 10.7. The second kappa shape index (κ2) is 5.91. The van der Waals surface area contributed by atoms with Crippen molar-refractivity contribution < 1.29 is 4.79 Å². The quantitative estimate of drug-likeness (QED) is 0.899. The molecule has 0 atom stereocenters. The van der Waals surface area contributed by atoms with Gasteiger partial charge in [-0.05, 0) is 17.2 Å². The van der Waals surface area contributed by atoms with Crippen molar-refractivity contribution in [3.8, 4) is 0 Å². The average Bonchev–Trinajstić information content (AvgIpc) is 2.75. The summed E-state index contributed by atoms with van der Waals surface area (Å²) in [7, 11) is 1.79. The summed E-state index contributed by atoms with van der Waals surface area (Å²) in [6.45, 7) is 0.914. The minimum atomic E-state index is -0.152. The molecule has 100 valence electrons. The van der Waals surface area contributed by atoms with Crippen LogP contribution in [-0.2, 0) is 20.1 Å². The Balaban J connectivity index is 2.06. The summed E-state index contributed by atoms with van der Waals surface area (Å²) in [6, 6.07) is 9.43. The number of rotatable bonds is 4. The smallest absolute Gasteiger partial charge is 0.268 e. The number of hydrogen-bond donors (Lipinski definition) is 2. The number of aromatic nitrogens is 1. The van der Waals surface area contributed by atoms with E-state index in [4.69, 9.17) is 17.3 Å². The summed E-state index contributed by atoms with van der Waals surface area (Å²) in [6.07, 6.45) is 1.70. The van der Waals surface area contributed by atoms with Crippen LogP contribution in [0.3, 0.4) is 0 Å². The van der Waals surface area contributed by atoms with Gasteiger partial charge in [0.15, 0.2) is 0 Å². The maximum atomic E-state index is 12.0. The van der Waals surface area contributed by atoms with Crippen LogP contribution in [0.4, 0.5) is 0 Å². The molecule has 2 rings (SSSR count). The number of hydrogen-bond acceptors (Lipinski definition) is 2.